The van der Waals surface area contributed by atoms with Gasteiger partial charge in [0.15, 0.2) is 5.78 Å². The molecule has 2 aliphatic rings. The average molecular weight is 383 g/mol. The van der Waals surface area contributed by atoms with Gasteiger partial charge < -0.3 is 4.90 Å². The number of alkyl halides is 1. The van der Waals surface area contributed by atoms with E-state index in [2.05, 4.69) is 15.9 Å². The van der Waals surface area contributed by atoms with Crippen LogP contribution < -0.4 is 0 Å². The van der Waals surface area contributed by atoms with Gasteiger partial charge in [0.25, 0.3) is 5.91 Å². The lowest BCUT2D eigenvalue weighted by atomic mass is 9.98. The van der Waals surface area contributed by atoms with Crippen molar-refractivity contribution in [2.75, 3.05) is 0 Å². The molecule has 3 nitrogen and oxygen atoms in total. The van der Waals surface area contributed by atoms with Crippen molar-refractivity contribution in [3.63, 3.8) is 0 Å². The highest BCUT2D eigenvalue weighted by Gasteiger charge is 2.46. The van der Waals surface area contributed by atoms with Gasteiger partial charge in [0.2, 0.25) is 0 Å². The van der Waals surface area contributed by atoms with Crippen LogP contribution in [0.3, 0.4) is 0 Å². The summed E-state index contributed by atoms with van der Waals surface area (Å²) in [7, 11) is 0. The predicted octanol–water partition coefficient (Wildman–Crippen LogP) is 4.06. The van der Waals surface area contributed by atoms with Crippen molar-refractivity contribution < 1.29 is 9.59 Å². The Bertz CT molecular complexity index is 788. The molecule has 0 saturated heterocycles. The lowest BCUT2D eigenvalue weighted by Crippen LogP contribution is -2.32. The second-order valence-corrected chi connectivity index (χ2v) is 7.60. The Balaban J connectivity index is 1.92. The van der Waals surface area contributed by atoms with Crippen LogP contribution in [-0.4, -0.2) is 21.4 Å². The maximum Gasteiger partial charge on any atom is 0.255 e. The molecule has 1 aromatic heterocycles. The molecule has 1 amide bonds. The number of rotatable bonds is 0. The van der Waals surface area contributed by atoms with E-state index in [0.29, 0.717) is 22.0 Å². The third-order valence-corrected chi connectivity index (χ3v) is 6.29. The summed E-state index contributed by atoms with van der Waals surface area (Å²) in [6.07, 6.45) is 0. The quantitative estimate of drug-likeness (QED) is 0.644. The molecule has 3 heterocycles. The molecule has 0 spiro atoms. The first-order chi connectivity index (χ1) is 10.1. The first-order valence-corrected chi connectivity index (χ1v) is 8.61. The van der Waals surface area contributed by atoms with Gasteiger partial charge in [-0.3, -0.25) is 9.59 Å². The summed E-state index contributed by atoms with van der Waals surface area (Å²) >= 11 is 11.1. The standard InChI is InChI=1S/C15H9BrClNO2S/c16-11-12-7-3-1-2-4-8(7)15(20)18(12)5-9-10(13(11)19)6-21-14(9)17/h1-4,6,11-12H,5H2/t11-,12+/m0/s1. The normalized spacial score (nSPS) is 23.6. The van der Waals surface area contributed by atoms with Gasteiger partial charge >= 0.3 is 0 Å². The molecule has 0 aliphatic carbocycles. The number of carbonyl (C=O) groups excluding carboxylic acids is 2. The summed E-state index contributed by atoms with van der Waals surface area (Å²) in [5.41, 5.74) is 2.98. The third-order valence-electron chi connectivity index (χ3n) is 4.07. The van der Waals surface area contributed by atoms with Crippen molar-refractivity contribution in [3.8, 4) is 0 Å². The van der Waals surface area contributed by atoms with E-state index < -0.39 is 4.83 Å². The lowest BCUT2D eigenvalue weighted by Gasteiger charge is -2.25. The van der Waals surface area contributed by atoms with Crippen LogP contribution in [0.5, 0.6) is 0 Å². The maximum atomic E-state index is 12.7. The zero-order chi connectivity index (χ0) is 14.7. The summed E-state index contributed by atoms with van der Waals surface area (Å²) in [4.78, 5) is 26.6. The van der Waals surface area contributed by atoms with Crippen LogP contribution in [0.25, 0.3) is 0 Å². The number of nitrogens with zero attached hydrogens (tertiary/aromatic N) is 1. The number of benzene rings is 1. The van der Waals surface area contributed by atoms with E-state index >= 15 is 0 Å². The maximum absolute atomic E-state index is 12.7. The largest absolute Gasteiger partial charge is 0.326 e. The van der Waals surface area contributed by atoms with Crippen molar-refractivity contribution in [1.82, 2.24) is 4.90 Å². The van der Waals surface area contributed by atoms with E-state index in [9.17, 15) is 9.59 Å². The minimum atomic E-state index is -0.447. The van der Waals surface area contributed by atoms with Crippen LogP contribution in [0.1, 0.15) is 37.9 Å². The number of ketones is 1. The molecule has 6 heteroatoms. The second kappa shape index (κ2) is 4.66. The number of Topliss-reactive ketones (excluding diaryl/α,β-unsaturated/α-hetero) is 1. The van der Waals surface area contributed by atoms with E-state index in [1.807, 2.05) is 24.3 Å². The van der Waals surface area contributed by atoms with Gasteiger partial charge in [0.05, 0.1) is 10.4 Å². The molecule has 0 radical (unpaired) electrons. The van der Waals surface area contributed by atoms with Crippen LogP contribution in [-0.2, 0) is 6.54 Å². The molecule has 21 heavy (non-hydrogen) atoms. The van der Waals surface area contributed by atoms with E-state index in [0.717, 1.165) is 11.1 Å². The smallest absolute Gasteiger partial charge is 0.255 e. The summed E-state index contributed by atoms with van der Waals surface area (Å²) in [6, 6.07) is 7.20. The number of fused-ring (bicyclic) bond motifs is 4. The van der Waals surface area contributed by atoms with Gasteiger partial charge in [0.1, 0.15) is 4.83 Å². The van der Waals surface area contributed by atoms with Gasteiger partial charge in [-0.05, 0) is 11.6 Å². The Morgan fingerprint density at radius 1 is 1.24 bits per heavy atom. The highest BCUT2D eigenvalue weighted by atomic mass is 79.9. The molecule has 0 bridgehead atoms. The minimum Gasteiger partial charge on any atom is -0.326 e. The predicted molar refractivity (Wildman–Crippen MR) is 85.4 cm³/mol. The first kappa shape index (κ1) is 13.5. The van der Waals surface area contributed by atoms with E-state index in [1.165, 1.54) is 11.3 Å². The van der Waals surface area contributed by atoms with Crippen LogP contribution >= 0.6 is 38.9 Å². The highest BCUT2D eigenvalue weighted by Crippen LogP contribution is 2.45. The Labute approximate surface area is 138 Å². The number of hydrogen-bond donors (Lipinski definition) is 0. The number of thiophene rings is 1. The van der Waals surface area contributed by atoms with Gasteiger partial charge in [-0.15, -0.1) is 11.3 Å². The summed E-state index contributed by atoms with van der Waals surface area (Å²) < 4.78 is 0.586. The van der Waals surface area contributed by atoms with Gasteiger partial charge in [-0.1, -0.05) is 45.7 Å². The molecular weight excluding hydrogens is 374 g/mol. The van der Waals surface area contributed by atoms with E-state index in [1.54, 1.807) is 10.3 Å². The number of carbonyl (C=O) groups is 2. The SMILES string of the molecule is O=C1c2csc(Cl)c2CN2C(=O)c3ccccc3[C@@H]2[C@@H]1Br. The monoisotopic (exact) mass is 381 g/mol. The van der Waals surface area contributed by atoms with Gasteiger partial charge in [-0.25, -0.2) is 0 Å². The summed E-state index contributed by atoms with van der Waals surface area (Å²) in [5.74, 6) is -0.0480. The highest BCUT2D eigenvalue weighted by molar-refractivity contribution is 9.10. The summed E-state index contributed by atoms with van der Waals surface area (Å²) in [6.45, 7) is 0.379. The third kappa shape index (κ3) is 1.77. The van der Waals surface area contributed by atoms with Crippen molar-refractivity contribution in [2.45, 2.75) is 17.4 Å². The summed E-state index contributed by atoms with van der Waals surface area (Å²) in [5, 5.41) is 1.78. The molecule has 4 rings (SSSR count). The van der Waals surface area contributed by atoms with Crippen molar-refractivity contribution in [3.05, 3.63) is 56.2 Å². The molecule has 2 atom stereocenters. The zero-order valence-corrected chi connectivity index (χ0v) is 13.8. The molecule has 2 aliphatic heterocycles. The van der Waals surface area contributed by atoms with E-state index in [-0.39, 0.29) is 17.7 Å². The Hall–Kier alpha value is -1.17. The number of halogens is 2. The Kier molecular flexibility index (Phi) is 3.00. The van der Waals surface area contributed by atoms with Crippen LogP contribution in [0.4, 0.5) is 0 Å². The minimum absolute atomic E-state index is 0.00912. The first-order valence-electron chi connectivity index (χ1n) is 6.43. The molecule has 0 fully saturated rings. The Morgan fingerprint density at radius 2 is 2.00 bits per heavy atom. The molecular formula is C15H9BrClNO2S. The average Bonchev–Trinajstić information content (AvgIpc) is 2.95. The molecule has 0 N–H and O–H groups in total. The molecule has 1 aromatic carbocycles. The van der Waals surface area contributed by atoms with Gasteiger partial charge in [0, 0.05) is 28.6 Å². The number of hydrogen-bond acceptors (Lipinski definition) is 3. The van der Waals surface area contributed by atoms with Crippen molar-refractivity contribution >= 4 is 50.6 Å². The second-order valence-electron chi connectivity index (χ2n) is 5.13. The van der Waals surface area contributed by atoms with Crippen molar-refractivity contribution in [2.24, 2.45) is 0 Å². The molecule has 0 unspecified atom stereocenters. The Morgan fingerprint density at radius 3 is 2.81 bits per heavy atom. The fourth-order valence-corrected chi connectivity index (χ4v) is 4.97. The topological polar surface area (TPSA) is 37.4 Å². The zero-order valence-electron chi connectivity index (χ0n) is 10.7. The van der Waals surface area contributed by atoms with Gasteiger partial charge in [-0.2, -0.15) is 0 Å². The van der Waals surface area contributed by atoms with Crippen molar-refractivity contribution in [1.29, 1.82) is 0 Å². The fourth-order valence-electron chi connectivity index (χ4n) is 3.06. The van der Waals surface area contributed by atoms with Crippen LogP contribution in [0.2, 0.25) is 4.34 Å². The lowest BCUT2D eigenvalue weighted by molar-refractivity contribution is 0.0707. The molecule has 2 aromatic rings. The molecule has 0 saturated carbocycles. The van der Waals surface area contributed by atoms with E-state index in [4.69, 9.17) is 11.6 Å². The number of amides is 1. The van der Waals surface area contributed by atoms with Crippen LogP contribution in [0, 0.1) is 0 Å². The fraction of sp³-hybridized carbons (Fsp3) is 0.200. The van der Waals surface area contributed by atoms with Crippen LogP contribution in [0.15, 0.2) is 29.6 Å². The molecule has 106 valence electrons.